The van der Waals surface area contributed by atoms with Gasteiger partial charge in [-0.3, -0.25) is 47.9 Å². The highest BCUT2D eigenvalue weighted by Crippen LogP contribution is 2.20. The highest BCUT2D eigenvalue weighted by Gasteiger charge is 2.40. The van der Waals surface area contributed by atoms with Crippen LogP contribution in [0.25, 0.3) is 0 Å². The molecule has 1 aliphatic rings. The molecule has 1 rings (SSSR count). The SMILES string of the molecule is CC(C)C[C@H](NC(=O)[C@H](CCCCN)NC(=O)[C@H](CCC(=O)O)NC(=O)[C@H](CC(C)C)NC(=O)[C@@H](NC(=O)[C@H](CO)NC(=O)[C@@H]1CCCN1C(=O)[C@@H](N)C(C)C)C(C)C)C(=O)N[C@@H](CC(=O)O)C(=O)O. The number of likely N-dealkylation sites (tertiary alicyclic amines) is 1. The minimum atomic E-state index is -1.82. The van der Waals surface area contributed by atoms with E-state index in [0.29, 0.717) is 12.8 Å². The van der Waals surface area contributed by atoms with Gasteiger partial charge in [0.15, 0.2) is 0 Å². The summed E-state index contributed by atoms with van der Waals surface area (Å²) >= 11 is 0. The summed E-state index contributed by atoms with van der Waals surface area (Å²) in [6, 6.07) is -12.3. The minimum absolute atomic E-state index is 0.0192. The average Bonchev–Trinajstić information content (AvgIpc) is 3.76. The van der Waals surface area contributed by atoms with Crippen molar-refractivity contribution < 1.29 is 73.2 Å². The zero-order valence-corrected chi connectivity index (χ0v) is 41.6. The number of hydrogen-bond acceptors (Lipinski definition) is 14. The molecule has 0 aromatic heterocycles. The molecule has 1 saturated heterocycles. The molecule has 0 saturated carbocycles. The van der Waals surface area contributed by atoms with Crippen molar-refractivity contribution in [2.45, 2.75) is 174 Å². The van der Waals surface area contributed by atoms with Crippen LogP contribution in [0.15, 0.2) is 0 Å². The van der Waals surface area contributed by atoms with Gasteiger partial charge in [0.1, 0.15) is 48.3 Å². The molecule has 0 aromatic rings. The Bertz CT molecular complexity index is 1830. The van der Waals surface area contributed by atoms with E-state index in [4.69, 9.17) is 16.6 Å². The molecule has 0 aromatic carbocycles. The zero-order valence-electron chi connectivity index (χ0n) is 41.6. The summed E-state index contributed by atoms with van der Waals surface area (Å²) in [7, 11) is 0. The number of carbonyl (C=O) groups is 11. The van der Waals surface area contributed by atoms with Crippen LogP contribution >= 0.6 is 0 Å². The Morgan fingerprint density at radius 3 is 1.49 bits per heavy atom. The van der Waals surface area contributed by atoms with E-state index in [2.05, 4.69) is 37.2 Å². The number of carbonyl (C=O) groups excluding carboxylic acids is 8. The molecular formula is C45H78N10O15. The van der Waals surface area contributed by atoms with E-state index < -0.39 is 151 Å². The van der Waals surface area contributed by atoms with Crippen LogP contribution in [0.1, 0.15) is 120 Å². The first kappa shape index (κ1) is 62.1. The van der Waals surface area contributed by atoms with Crippen molar-refractivity contribution in [3.8, 4) is 0 Å². The highest BCUT2D eigenvalue weighted by molar-refractivity contribution is 5.98. The zero-order chi connectivity index (χ0) is 53.6. The second-order valence-corrected chi connectivity index (χ2v) is 19.2. The molecule has 0 aliphatic carbocycles. The quantitative estimate of drug-likeness (QED) is 0.0314. The third-order valence-electron chi connectivity index (χ3n) is 11.4. The van der Waals surface area contributed by atoms with Gasteiger partial charge in [0.25, 0.3) is 0 Å². The number of aliphatic hydroxyl groups is 1. The number of carboxylic acids is 3. The largest absolute Gasteiger partial charge is 0.481 e. The lowest BCUT2D eigenvalue weighted by atomic mass is 9.99. The summed E-state index contributed by atoms with van der Waals surface area (Å²) < 4.78 is 0. The maximum Gasteiger partial charge on any atom is 0.326 e. The monoisotopic (exact) mass is 999 g/mol. The van der Waals surface area contributed by atoms with Crippen LogP contribution in [0.4, 0.5) is 0 Å². The minimum Gasteiger partial charge on any atom is -0.481 e. The summed E-state index contributed by atoms with van der Waals surface area (Å²) in [5, 5.41) is 55.5. The van der Waals surface area contributed by atoms with E-state index in [9.17, 15) is 68.1 Å². The summed E-state index contributed by atoms with van der Waals surface area (Å²) in [5.41, 5.74) is 11.7. The Balaban J connectivity index is 3.38. The molecular weight excluding hydrogens is 921 g/mol. The average molecular weight is 999 g/mol. The van der Waals surface area contributed by atoms with Crippen molar-refractivity contribution in [2.24, 2.45) is 35.1 Å². The van der Waals surface area contributed by atoms with Crippen LogP contribution < -0.4 is 48.7 Å². The number of amides is 8. The molecule has 15 N–H and O–H groups in total. The van der Waals surface area contributed by atoms with Crippen molar-refractivity contribution in [2.75, 3.05) is 19.7 Å². The molecule has 0 radical (unpaired) electrons. The van der Waals surface area contributed by atoms with Gasteiger partial charge in [0.05, 0.1) is 19.1 Å². The topological polar surface area (TPSA) is 408 Å². The lowest BCUT2D eigenvalue weighted by Crippen LogP contribution is -2.61. The van der Waals surface area contributed by atoms with Gasteiger partial charge in [0, 0.05) is 13.0 Å². The number of unbranched alkanes of at least 4 members (excludes halogenated alkanes) is 1. The van der Waals surface area contributed by atoms with E-state index >= 15 is 0 Å². The highest BCUT2D eigenvalue weighted by atomic mass is 16.4. The van der Waals surface area contributed by atoms with Crippen molar-refractivity contribution in [1.29, 1.82) is 0 Å². The predicted octanol–water partition coefficient (Wildman–Crippen LogP) is -2.35. The summed E-state index contributed by atoms with van der Waals surface area (Å²) in [6.45, 7) is 13.2. The molecule has 0 spiro atoms. The Morgan fingerprint density at radius 2 is 1.04 bits per heavy atom. The van der Waals surface area contributed by atoms with Crippen LogP contribution in [-0.2, 0) is 52.7 Å². The first-order valence-corrected chi connectivity index (χ1v) is 23.8. The van der Waals surface area contributed by atoms with Gasteiger partial charge in [-0.2, -0.15) is 0 Å². The molecule has 8 amide bonds. The smallest absolute Gasteiger partial charge is 0.326 e. The van der Waals surface area contributed by atoms with Crippen molar-refractivity contribution in [3.05, 3.63) is 0 Å². The van der Waals surface area contributed by atoms with Gasteiger partial charge >= 0.3 is 17.9 Å². The molecule has 1 fully saturated rings. The molecule has 25 heteroatoms. The lowest BCUT2D eigenvalue weighted by molar-refractivity contribution is -0.147. The summed E-state index contributed by atoms with van der Waals surface area (Å²) in [6.07, 6.45) is -0.712. The molecule has 398 valence electrons. The van der Waals surface area contributed by atoms with Crippen LogP contribution in [0, 0.1) is 23.7 Å². The second-order valence-electron chi connectivity index (χ2n) is 19.2. The third kappa shape index (κ3) is 21.4. The second kappa shape index (κ2) is 30.6. The maximum absolute atomic E-state index is 14.0. The van der Waals surface area contributed by atoms with E-state index in [1.807, 2.05) is 0 Å². The molecule has 25 nitrogen and oxygen atoms in total. The number of nitrogens with one attached hydrogen (secondary N) is 7. The summed E-state index contributed by atoms with van der Waals surface area (Å²) in [5.74, 6) is -12.6. The van der Waals surface area contributed by atoms with Crippen molar-refractivity contribution >= 4 is 65.2 Å². The van der Waals surface area contributed by atoms with E-state index in [1.165, 1.54) is 4.90 Å². The standard InChI is InChI=1S/C45H78N10O15/c1-22(2)18-28(40(64)52-30(45(69)70)20-34(59)60)50-37(61)26(12-9-10-16-46)48-38(62)27(14-15-33(57)58)49-39(63)29(19-23(3)4)51-43(67)36(25(7)8)54-41(65)31(21-56)53-42(66)32-13-11-17-55(32)44(68)35(47)24(5)6/h22-32,35-36,56H,9-21,46-47H2,1-8H3,(H,48,62)(H,49,63)(H,50,61)(H,51,67)(H,52,64)(H,53,66)(H,54,65)(H,57,58)(H,59,60)(H,69,70)/t26-,27-,28-,29-,30-,31-,32-,35-,36-/m0/s1. The number of carboxylic acid groups (broad SMARTS) is 3. The number of nitrogens with two attached hydrogens (primary N) is 2. The lowest BCUT2D eigenvalue weighted by Gasteiger charge is -2.30. The first-order chi connectivity index (χ1) is 32.6. The first-order valence-electron chi connectivity index (χ1n) is 23.8. The maximum atomic E-state index is 14.0. The van der Waals surface area contributed by atoms with Gasteiger partial charge in [-0.25, -0.2) is 4.79 Å². The number of rotatable bonds is 32. The molecule has 1 aliphatic heterocycles. The van der Waals surface area contributed by atoms with E-state index in [1.54, 1.807) is 55.4 Å². The molecule has 0 bridgehead atoms. The van der Waals surface area contributed by atoms with Crippen molar-refractivity contribution in [3.63, 3.8) is 0 Å². The summed E-state index contributed by atoms with van der Waals surface area (Å²) in [4.78, 5) is 145. The van der Waals surface area contributed by atoms with Gasteiger partial charge in [-0.15, -0.1) is 0 Å². The van der Waals surface area contributed by atoms with Gasteiger partial charge in [-0.05, 0) is 81.6 Å². The van der Waals surface area contributed by atoms with Crippen LogP contribution in [-0.4, -0.2) is 165 Å². The van der Waals surface area contributed by atoms with Gasteiger partial charge < -0.3 is 74.0 Å². The number of nitrogens with zero attached hydrogens (tertiary/aromatic N) is 1. The van der Waals surface area contributed by atoms with E-state index in [0.717, 1.165) is 0 Å². The fourth-order valence-corrected chi connectivity index (χ4v) is 7.46. The van der Waals surface area contributed by atoms with Gasteiger partial charge in [0.2, 0.25) is 47.3 Å². The third-order valence-corrected chi connectivity index (χ3v) is 11.4. The Hall–Kier alpha value is -5.95. The molecule has 0 unspecified atom stereocenters. The number of aliphatic carboxylic acids is 3. The van der Waals surface area contributed by atoms with Crippen LogP contribution in [0.2, 0.25) is 0 Å². The Labute approximate surface area is 408 Å². The normalized spacial score (nSPS) is 17.0. The molecule has 70 heavy (non-hydrogen) atoms. The Morgan fingerprint density at radius 1 is 0.571 bits per heavy atom. The van der Waals surface area contributed by atoms with Crippen molar-refractivity contribution in [1.82, 2.24) is 42.1 Å². The molecule has 1 heterocycles. The molecule has 9 atom stereocenters. The fourth-order valence-electron chi connectivity index (χ4n) is 7.46. The number of aliphatic hydroxyl groups excluding tert-OH is 1. The number of hydrogen-bond donors (Lipinski definition) is 13. The van der Waals surface area contributed by atoms with E-state index in [-0.39, 0.29) is 62.9 Å². The van der Waals surface area contributed by atoms with Gasteiger partial charge in [-0.1, -0.05) is 55.4 Å². The Kier molecular flexibility index (Phi) is 27.1. The fraction of sp³-hybridized carbons (Fsp3) is 0.756. The van der Waals surface area contributed by atoms with Crippen LogP contribution in [0.3, 0.4) is 0 Å². The van der Waals surface area contributed by atoms with Crippen LogP contribution in [0.5, 0.6) is 0 Å². The predicted molar refractivity (Wildman–Crippen MR) is 252 cm³/mol.